The molecule has 7 heteroatoms. The van der Waals surface area contributed by atoms with Crippen molar-refractivity contribution in [1.29, 1.82) is 0 Å². The van der Waals surface area contributed by atoms with E-state index in [1.165, 1.54) is 0 Å². The van der Waals surface area contributed by atoms with E-state index in [4.69, 9.17) is 11.6 Å². The highest BCUT2D eigenvalue weighted by Crippen LogP contribution is 2.17. The van der Waals surface area contributed by atoms with Crippen LogP contribution in [0.5, 0.6) is 0 Å². The summed E-state index contributed by atoms with van der Waals surface area (Å²) in [6.07, 6.45) is 3.16. The van der Waals surface area contributed by atoms with Crippen molar-refractivity contribution in [2.45, 2.75) is 6.92 Å². The number of alkyl halides is 1. The molecule has 1 heterocycles. The molecule has 0 aliphatic carbocycles. The largest absolute Gasteiger partial charge is 0.283 e. The summed E-state index contributed by atoms with van der Waals surface area (Å²) in [5.41, 5.74) is 1.85. The van der Waals surface area contributed by atoms with E-state index in [9.17, 15) is 8.42 Å². The van der Waals surface area contributed by atoms with Crippen LogP contribution in [0.3, 0.4) is 0 Å². The van der Waals surface area contributed by atoms with Gasteiger partial charge in [-0.3, -0.25) is 14.7 Å². The summed E-state index contributed by atoms with van der Waals surface area (Å²) in [5, 5.41) is 0. The Morgan fingerprint density at radius 1 is 1.26 bits per heavy atom. The topological polar surface area (TPSA) is 72.0 Å². The van der Waals surface area contributed by atoms with Crippen LogP contribution in [-0.4, -0.2) is 30.0 Å². The number of halogens is 1. The summed E-state index contributed by atoms with van der Waals surface area (Å²) >= 11 is 5.63. The molecule has 19 heavy (non-hydrogen) atoms. The van der Waals surface area contributed by atoms with Gasteiger partial charge in [0.05, 0.1) is 22.5 Å². The molecule has 1 unspecified atom stereocenters. The number of benzene rings is 1. The highest BCUT2D eigenvalue weighted by atomic mass is 35.5. The van der Waals surface area contributed by atoms with Crippen molar-refractivity contribution in [2.24, 2.45) is 5.92 Å². The number of rotatable bonds is 5. The van der Waals surface area contributed by atoms with Gasteiger partial charge in [0.1, 0.15) is 0 Å². The third-order valence-corrected chi connectivity index (χ3v) is 4.59. The minimum absolute atomic E-state index is 0.00495. The van der Waals surface area contributed by atoms with Gasteiger partial charge in [0.15, 0.2) is 0 Å². The SMILES string of the molecule is CC(CCl)CS(=O)(=O)Nc1ccc2nccnc2c1. The molecular formula is C12H14ClN3O2S. The molecule has 2 aromatic rings. The minimum atomic E-state index is -3.40. The quantitative estimate of drug-likeness (QED) is 0.860. The highest BCUT2D eigenvalue weighted by Gasteiger charge is 2.15. The molecule has 1 N–H and O–H groups in total. The van der Waals surface area contributed by atoms with Gasteiger partial charge in [0.2, 0.25) is 10.0 Å². The first kappa shape index (κ1) is 14.0. The van der Waals surface area contributed by atoms with Gasteiger partial charge in [-0.25, -0.2) is 8.42 Å². The van der Waals surface area contributed by atoms with E-state index in [2.05, 4.69) is 14.7 Å². The molecule has 2 rings (SSSR count). The van der Waals surface area contributed by atoms with Gasteiger partial charge in [-0.15, -0.1) is 11.6 Å². The molecule has 0 spiro atoms. The fourth-order valence-electron chi connectivity index (χ4n) is 1.67. The van der Waals surface area contributed by atoms with E-state index < -0.39 is 10.0 Å². The van der Waals surface area contributed by atoms with Crippen molar-refractivity contribution >= 4 is 38.3 Å². The maximum Gasteiger partial charge on any atom is 0.233 e. The number of hydrogen-bond donors (Lipinski definition) is 1. The summed E-state index contributed by atoms with van der Waals surface area (Å²) in [4.78, 5) is 8.25. The lowest BCUT2D eigenvalue weighted by Gasteiger charge is -2.11. The molecular weight excluding hydrogens is 286 g/mol. The average molecular weight is 300 g/mol. The molecule has 0 aliphatic heterocycles. The molecule has 0 bridgehead atoms. The maximum absolute atomic E-state index is 11.9. The fraction of sp³-hybridized carbons (Fsp3) is 0.333. The van der Waals surface area contributed by atoms with Crippen molar-refractivity contribution in [2.75, 3.05) is 16.4 Å². The Morgan fingerprint density at radius 3 is 2.63 bits per heavy atom. The van der Waals surface area contributed by atoms with E-state index in [-0.39, 0.29) is 11.7 Å². The zero-order valence-electron chi connectivity index (χ0n) is 10.4. The summed E-state index contributed by atoms with van der Waals surface area (Å²) < 4.78 is 26.3. The fourth-order valence-corrected chi connectivity index (χ4v) is 3.34. The first-order chi connectivity index (χ1) is 9.00. The lowest BCUT2D eigenvalue weighted by atomic mass is 10.3. The Morgan fingerprint density at radius 2 is 1.95 bits per heavy atom. The monoisotopic (exact) mass is 299 g/mol. The zero-order chi connectivity index (χ0) is 13.9. The van der Waals surface area contributed by atoms with Crippen LogP contribution in [0.1, 0.15) is 6.92 Å². The summed E-state index contributed by atoms with van der Waals surface area (Å²) in [5.74, 6) is 0.207. The molecule has 102 valence electrons. The van der Waals surface area contributed by atoms with Crippen molar-refractivity contribution < 1.29 is 8.42 Å². The molecule has 0 saturated heterocycles. The van der Waals surface area contributed by atoms with E-state index in [1.54, 1.807) is 37.5 Å². The molecule has 1 atom stereocenters. The molecule has 0 radical (unpaired) electrons. The Bertz CT molecular complexity index is 675. The molecule has 0 fully saturated rings. The van der Waals surface area contributed by atoms with Crippen molar-refractivity contribution in [3.8, 4) is 0 Å². The van der Waals surface area contributed by atoms with Gasteiger partial charge >= 0.3 is 0 Å². The number of anilines is 1. The molecule has 5 nitrogen and oxygen atoms in total. The van der Waals surface area contributed by atoms with Gasteiger partial charge in [0.25, 0.3) is 0 Å². The number of sulfonamides is 1. The second kappa shape index (κ2) is 5.71. The number of aromatic nitrogens is 2. The predicted molar refractivity (Wildman–Crippen MR) is 76.8 cm³/mol. The van der Waals surface area contributed by atoms with E-state index in [0.717, 1.165) is 5.52 Å². The second-order valence-electron chi connectivity index (χ2n) is 4.40. The first-order valence-electron chi connectivity index (χ1n) is 5.77. The molecule has 0 saturated carbocycles. The van der Waals surface area contributed by atoms with Gasteiger partial charge < -0.3 is 0 Å². The Hall–Kier alpha value is -1.40. The first-order valence-corrected chi connectivity index (χ1v) is 7.96. The zero-order valence-corrected chi connectivity index (χ0v) is 11.9. The van der Waals surface area contributed by atoms with E-state index in [0.29, 0.717) is 17.1 Å². The van der Waals surface area contributed by atoms with Crippen LogP contribution < -0.4 is 4.72 Å². The van der Waals surface area contributed by atoms with Gasteiger partial charge in [0, 0.05) is 18.3 Å². The number of nitrogens with one attached hydrogen (secondary N) is 1. The Kier molecular flexibility index (Phi) is 4.21. The smallest absolute Gasteiger partial charge is 0.233 e. The number of fused-ring (bicyclic) bond motifs is 1. The van der Waals surface area contributed by atoms with Crippen LogP contribution >= 0.6 is 11.6 Å². The molecule has 1 aromatic heterocycles. The predicted octanol–water partition coefficient (Wildman–Crippen LogP) is 2.25. The summed E-state index contributed by atoms with van der Waals surface area (Å²) in [6.45, 7) is 1.79. The Labute approximate surface area is 117 Å². The van der Waals surface area contributed by atoms with Crippen LogP contribution in [0.2, 0.25) is 0 Å². The molecule has 1 aromatic carbocycles. The van der Waals surface area contributed by atoms with Crippen molar-refractivity contribution in [3.63, 3.8) is 0 Å². The van der Waals surface area contributed by atoms with Gasteiger partial charge in [-0.1, -0.05) is 6.92 Å². The Balaban J connectivity index is 2.21. The van der Waals surface area contributed by atoms with Gasteiger partial charge in [-0.05, 0) is 24.1 Å². The lowest BCUT2D eigenvalue weighted by Crippen LogP contribution is -2.22. The second-order valence-corrected chi connectivity index (χ2v) is 6.48. The highest BCUT2D eigenvalue weighted by molar-refractivity contribution is 7.92. The standard InChI is InChI=1S/C12H14ClN3O2S/c1-9(7-13)8-19(17,18)16-10-2-3-11-12(6-10)15-5-4-14-11/h2-6,9,16H,7-8H2,1H3. The van der Waals surface area contributed by atoms with E-state index >= 15 is 0 Å². The van der Waals surface area contributed by atoms with Crippen LogP contribution in [0.4, 0.5) is 5.69 Å². The van der Waals surface area contributed by atoms with Crippen LogP contribution in [0.25, 0.3) is 11.0 Å². The number of hydrogen-bond acceptors (Lipinski definition) is 4. The number of nitrogens with zero attached hydrogens (tertiary/aromatic N) is 2. The van der Waals surface area contributed by atoms with Crippen molar-refractivity contribution in [1.82, 2.24) is 9.97 Å². The molecule has 0 amide bonds. The average Bonchev–Trinajstić information content (AvgIpc) is 2.37. The minimum Gasteiger partial charge on any atom is -0.283 e. The van der Waals surface area contributed by atoms with Crippen LogP contribution in [0, 0.1) is 5.92 Å². The molecule has 0 aliphatic rings. The van der Waals surface area contributed by atoms with Crippen molar-refractivity contribution in [3.05, 3.63) is 30.6 Å². The normalized spacial score (nSPS) is 13.4. The third-order valence-electron chi connectivity index (χ3n) is 2.51. The maximum atomic E-state index is 11.9. The van der Waals surface area contributed by atoms with E-state index in [1.807, 2.05) is 0 Å². The third kappa shape index (κ3) is 3.78. The van der Waals surface area contributed by atoms with Gasteiger partial charge in [-0.2, -0.15) is 0 Å². The lowest BCUT2D eigenvalue weighted by molar-refractivity contribution is 0.588. The van der Waals surface area contributed by atoms with Crippen LogP contribution in [0.15, 0.2) is 30.6 Å². The summed E-state index contributed by atoms with van der Waals surface area (Å²) in [6, 6.07) is 5.05. The van der Waals surface area contributed by atoms with Crippen LogP contribution in [-0.2, 0) is 10.0 Å². The summed E-state index contributed by atoms with van der Waals surface area (Å²) in [7, 11) is -3.40.